The SMILES string of the molecule is CCN(CC)CCOc1ccc2oc(C)c(-c3ccccc3)c2c1. The average molecular weight is 323 g/mol. The molecule has 0 radical (unpaired) electrons. The van der Waals surface area contributed by atoms with Crippen molar-refractivity contribution < 1.29 is 9.15 Å². The minimum Gasteiger partial charge on any atom is -0.492 e. The quantitative estimate of drug-likeness (QED) is 0.603. The number of ether oxygens (including phenoxy) is 1. The fourth-order valence-electron chi connectivity index (χ4n) is 3.08. The second-order valence-corrected chi connectivity index (χ2v) is 5.93. The molecule has 3 rings (SSSR count). The van der Waals surface area contributed by atoms with Gasteiger partial charge < -0.3 is 14.1 Å². The molecule has 0 aliphatic carbocycles. The summed E-state index contributed by atoms with van der Waals surface area (Å²) in [5.41, 5.74) is 3.23. The summed E-state index contributed by atoms with van der Waals surface area (Å²) < 4.78 is 11.9. The molecule has 2 aromatic carbocycles. The molecule has 0 bridgehead atoms. The highest BCUT2D eigenvalue weighted by atomic mass is 16.5. The van der Waals surface area contributed by atoms with Crippen LogP contribution >= 0.6 is 0 Å². The third-order valence-corrected chi connectivity index (χ3v) is 4.47. The molecular formula is C21H25NO2. The van der Waals surface area contributed by atoms with Crippen LogP contribution in [0.1, 0.15) is 19.6 Å². The molecule has 0 saturated carbocycles. The third-order valence-electron chi connectivity index (χ3n) is 4.47. The summed E-state index contributed by atoms with van der Waals surface area (Å²) >= 11 is 0. The van der Waals surface area contributed by atoms with Crippen molar-refractivity contribution in [2.24, 2.45) is 0 Å². The standard InChI is InChI=1S/C21H25NO2/c1-4-22(5-2)13-14-23-18-11-12-20-19(15-18)21(16(3)24-20)17-9-7-6-8-10-17/h6-12,15H,4-5,13-14H2,1-3H3. The topological polar surface area (TPSA) is 25.6 Å². The summed E-state index contributed by atoms with van der Waals surface area (Å²) in [7, 11) is 0. The van der Waals surface area contributed by atoms with Crippen molar-refractivity contribution in [1.29, 1.82) is 0 Å². The zero-order chi connectivity index (χ0) is 16.9. The van der Waals surface area contributed by atoms with Gasteiger partial charge in [-0.1, -0.05) is 44.2 Å². The van der Waals surface area contributed by atoms with Crippen LogP contribution in [0.3, 0.4) is 0 Å². The normalized spacial score (nSPS) is 11.3. The Kier molecular flexibility index (Phi) is 5.21. The van der Waals surface area contributed by atoms with Gasteiger partial charge in [0, 0.05) is 17.5 Å². The van der Waals surface area contributed by atoms with Gasteiger partial charge in [0.25, 0.3) is 0 Å². The third kappa shape index (κ3) is 3.46. The summed E-state index contributed by atoms with van der Waals surface area (Å²) in [6, 6.07) is 16.5. The van der Waals surface area contributed by atoms with E-state index in [4.69, 9.17) is 9.15 Å². The number of fused-ring (bicyclic) bond motifs is 1. The molecular weight excluding hydrogens is 298 g/mol. The molecule has 24 heavy (non-hydrogen) atoms. The summed E-state index contributed by atoms with van der Waals surface area (Å²) in [4.78, 5) is 2.36. The maximum absolute atomic E-state index is 5.97. The van der Waals surface area contributed by atoms with Crippen LogP contribution in [-0.4, -0.2) is 31.1 Å². The Bertz CT molecular complexity index is 788. The van der Waals surface area contributed by atoms with Crippen LogP contribution < -0.4 is 4.74 Å². The van der Waals surface area contributed by atoms with E-state index in [1.54, 1.807) is 0 Å². The van der Waals surface area contributed by atoms with E-state index in [0.29, 0.717) is 6.61 Å². The van der Waals surface area contributed by atoms with Crippen molar-refractivity contribution in [3.63, 3.8) is 0 Å². The van der Waals surface area contributed by atoms with Gasteiger partial charge in [-0.3, -0.25) is 0 Å². The lowest BCUT2D eigenvalue weighted by Crippen LogP contribution is -2.27. The van der Waals surface area contributed by atoms with Crippen molar-refractivity contribution in [2.75, 3.05) is 26.2 Å². The first kappa shape index (κ1) is 16.6. The molecule has 1 heterocycles. The number of hydrogen-bond donors (Lipinski definition) is 0. The Balaban J connectivity index is 1.85. The predicted molar refractivity (Wildman–Crippen MR) is 99.7 cm³/mol. The smallest absolute Gasteiger partial charge is 0.135 e. The Labute approximate surface area is 143 Å². The second kappa shape index (κ2) is 7.54. The fourth-order valence-corrected chi connectivity index (χ4v) is 3.08. The van der Waals surface area contributed by atoms with Crippen molar-refractivity contribution in [1.82, 2.24) is 4.90 Å². The largest absolute Gasteiger partial charge is 0.492 e. The van der Waals surface area contributed by atoms with Gasteiger partial charge in [-0.15, -0.1) is 0 Å². The molecule has 0 amide bonds. The van der Waals surface area contributed by atoms with Gasteiger partial charge in [-0.25, -0.2) is 0 Å². The van der Waals surface area contributed by atoms with Crippen LogP contribution in [0, 0.1) is 6.92 Å². The van der Waals surface area contributed by atoms with Gasteiger partial charge in [-0.2, -0.15) is 0 Å². The molecule has 0 fully saturated rings. The van der Waals surface area contributed by atoms with E-state index in [1.165, 1.54) is 5.56 Å². The first-order chi connectivity index (χ1) is 11.7. The van der Waals surface area contributed by atoms with Crippen LogP contribution in [0.5, 0.6) is 5.75 Å². The summed E-state index contributed by atoms with van der Waals surface area (Å²) in [6.07, 6.45) is 0. The monoisotopic (exact) mass is 323 g/mol. The lowest BCUT2D eigenvalue weighted by Gasteiger charge is -2.18. The Morgan fingerprint density at radius 2 is 1.75 bits per heavy atom. The molecule has 0 unspecified atom stereocenters. The van der Waals surface area contributed by atoms with E-state index in [1.807, 2.05) is 25.1 Å². The molecule has 3 aromatic rings. The van der Waals surface area contributed by atoms with Crippen LogP contribution in [-0.2, 0) is 0 Å². The lowest BCUT2D eigenvalue weighted by molar-refractivity contribution is 0.223. The Hall–Kier alpha value is -2.26. The van der Waals surface area contributed by atoms with Crippen molar-refractivity contribution in [2.45, 2.75) is 20.8 Å². The van der Waals surface area contributed by atoms with E-state index in [-0.39, 0.29) is 0 Å². The van der Waals surface area contributed by atoms with Crippen LogP contribution in [0.4, 0.5) is 0 Å². The fraction of sp³-hybridized carbons (Fsp3) is 0.333. The van der Waals surface area contributed by atoms with Gasteiger partial charge >= 0.3 is 0 Å². The molecule has 0 spiro atoms. The van der Waals surface area contributed by atoms with Crippen LogP contribution in [0.2, 0.25) is 0 Å². The first-order valence-electron chi connectivity index (χ1n) is 8.66. The number of furan rings is 1. The predicted octanol–water partition coefficient (Wildman–Crippen LogP) is 5.13. The number of rotatable bonds is 7. The molecule has 0 aliphatic heterocycles. The Morgan fingerprint density at radius 3 is 2.46 bits per heavy atom. The number of aryl methyl sites for hydroxylation is 1. The van der Waals surface area contributed by atoms with Gasteiger partial charge in [0.2, 0.25) is 0 Å². The van der Waals surface area contributed by atoms with E-state index >= 15 is 0 Å². The number of nitrogens with zero attached hydrogens (tertiary/aromatic N) is 1. The van der Waals surface area contributed by atoms with Gasteiger partial charge in [0.1, 0.15) is 23.7 Å². The minimum absolute atomic E-state index is 0.699. The highest BCUT2D eigenvalue weighted by molar-refractivity contribution is 5.96. The van der Waals surface area contributed by atoms with E-state index in [0.717, 1.165) is 47.7 Å². The number of likely N-dealkylation sites (N-methyl/N-ethyl adjacent to an activating group) is 1. The van der Waals surface area contributed by atoms with Gasteiger partial charge in [0.15, 0.2) is 0 Å². The van der Waals surface area contributed by atoms with Crippen LogP contribution in [0.25, 0.3) is 22.1 Å². The molecule has 0 saturated heterocycles. The minimum atomic E-state index is 0.699. The lowest BCUT2D eigenvalue weighted by atomic mass is 10.0. The number of benzene rings is 2. The van der Waals surface area contributed by atoms with Crippen molar-refractivity contribution in [3.8, 4) is 16.9 Å². The molecule has 0 N–H and O–H groups in total. The number of hydrogen-bond acceptors (Lipinski definition) is 3. The second-order valence-electron chi connectivity index (χ2n) is 5.93. The first-order valence-corrected chi connectivity index (χ1v) is 8.66. The maximum atomic E-state index is 5.97. The summed E-state index contributed by atoms with van der Waals surface area (Å²) in [6.45, 7) is 10.1. The zero-order valence-corrected chi connectivity index (χ0v) is 14.7. The molecule has 0 atom stereocenters. The van der Waals surface area contributed by atoms with Gasteiger partial charge in [-0.05, 0) is 43.8 Å². The zero-order valence-electron chi connectivity index (χ0n) is 14.7. The summed E-state index contributed by atoms with van der Waals surface area (Å²) in [5.74, 6) is 1.84. The van der Waals surface area contributed by atoms with E-state index in [9.17, 15) is 0 Å². The summed E-state index contributed by atoms with van der Waals surface area (Å²) in [5, 5.41) is 1.11. The maximum Gasteiger partial charge on any atom is 0.135 e. The molecule has 0 aliphatic rings. The molecule has 3 nitrogen and oxygen atoms in total. The van der Waals surface area contributed by atoms with E-state index in [2.05, 4.69) is 49.1 Å². The Morgan fingerprint density at radius 1 is 1.00 bits per heavy atom. The average Bonchev–Trinajstić information content (AvgIpc) is 2.94. The highest BCUT2D eigenvalue weighted by Gasteiger charge is 2.13. The molecule has 3 heteroatoms. The molecule has 1 aromatic heterocycles. The van der Waals surface area contributed by atoms with E-state index < -0.39 is 0 Å². The molecule has 126 valence electrons. The highest BCUT2D eigenvalue weighted by Crippen LogP contribution is 2.36. The van der Waals surface area contributed by atoms with Crippen LogP contribution in [0.15, 0.2) is 52.9 Å². The van der Waals surface area contributed by atoms with Crippen molar-refractivity contribution in [3.05, 3.63) is 54.3 Å². The van der Waals surface area contributed by atoms with Crippen molar-refractivity contribution >= 4 is 11.0 Å². The van der Waals surface area contributed by atoms with Gasteiger partial charge in [0.05, 0.1) is 0 Å².